The number of hydrogen-bond acceptors (Lipinski definition) is 6. The normalized spacial score (nSPS) is 20.1. The standard InChI is InChI=1S/C11H16F3N5O/c1-2-7-6-20-4-3-19(7)9-5-8(18-15)16-10(17-9)11(12,13)14/h5,7H,2-4,6,15H2,1H3,(H,16,17,18). The van der Waals surface area contributed by atoms with Crippen LogP contribution in [-0.4, -0.2) is 35.8 Å². The highest BCUT2D eigenvalue weighted by Crippen LogP contribution is 2.30. The lowest BCUT2D eigenvalue weighted by Gasteiger charge is -2.36. The molecule has 1 saturated heterocycles. The van der Waals surface area contributed by atoms with Crippen molar-refractivity contribution < 1.29 is 17.9 Å². The smallest absolute Gasteiger partial charge is 0.377 e. The zero-order chi connectivity index (χ0) is 14.8. The molecule has 1 aliphatic rings. The van der Waals surface area contributed by atoms with Crippen LogP contribution in [0.1, 0.15) is 19.2 Å². The zero-order valence-corrected chi connectivity index (χ0v) is 10.9. The molecule has 6 nitrogen and oxygen atoms in total. The van der Waals surface area contributed by atoms with Crippen LogP contribution in [0.4, 0.5) is 24.8 Å². The molecule has 1 aliphatic heterocycles. The molecule has 0 aromatic carbocycles. The average Bonchev–Trinajstić information content (AvgIpc) is 2.45. The number of alkyl halides is 3. The second-order valence-electron chi connectivity index (χ2n) is 4.41. The van der Waals surface area contributed by atoms with Crippen molar-refractivity contribution in [1.82, 2.24) is 9.97 Å². The van der Waals surface area contributed by atoms with Gasteiger partial charge in [-0.2, -0.15) is 13.2 Å². The predicted molar refractivity (Wildman–Crippen MR) is 67.1 cm³/mol. The first kappa shape index (κ1) is 14.8. The first-order valence-electron chi connectivity index (χ1n) is 6.23. The Morgan fingerprint density at radius 2 is 2.25 bits per heavy atom. The Hall–Kier alpha value is -1.61. The molecule has 9 heteroatoms. The van der Waals surface area contributed by atoms with Gasteiger partial charge in [0.25, 0.3) is 0 Å². The second-order valence-corrected chi connectivity index (χ2v) is 4.41. The van der Waals surface area contributed by atoms with Gasteiger partial charge in [-0.25, -0.2) is 15.8 Å². The van der Waals surface area contributed by atoms with Crippen LogP contribution in [0.5, 0.6) is 0 Å². The topological polar surface area (TPSA) is 76.3 Å². The van der Waals surface area contributed by atoms with Crippen molar-refractivity contribution in [3.8, 4) is 0 Å². The third-order valence-corrected chi connectivity index (χ3v) is 3.11. The Kier molecular flexibility index (Phi) is 4.29. The minimum atomic E-state index is -4.62. The van der Waals surface area contributed by atoms with Gasteiger partial charge < -0.3 is 15.1 Å². The maximum atomic E-state index is 12.8. The van der Waals surface area contributed by atoms with E-state index in [1.54, 1.807) is 4.90 Å². The van der Waals surface area contributed by atoms with E-state index < -0.39 is 12.0 Å². The van der Waals surface area contributed by atoms with Gasteiger partial charge in [-0.05, 0) is 6.42 Å². The summed E-state index contributed by atoms with van der Waals surface area (Å²) in [7, 11) is 0. The molecule has 1 unspecified atom stereocenters. The lowest BCUT2D eigenvalue weighted by Crippen LogP contribution is -2.45. The Morgan fingerprint density at radius 3 is 2.85 bits per heavy atom. The van der Waals surface area contributed by atoms with Crippen molar-refractivity contribution in [3.63, 3.8) is 0 Å². The van der Waals surface area contributed by atoms with E-state index in [9.17, 15) is 13.2 Å². The fraction of sp³-hybridized carbons (Fsp3) is 0.636. The molecular weight excluding hydrogens is 275 g/mol. The summed E-state index contributed by atoms with van der Waals surface area (Å²) in [5.41, 5.74) is 2.14. The highest BCUT2D eigenvalue weighted by molar-refractivity contribution is 5.50. The summed E-state index contributed by atoms with van der Waals surface area (Å²) in [4.78, 5) is 8.74. The maximum Gasteiger partial charge on any atom is 0.451 e. The summed E-state index contributed by atoms with van der Waals surface area (Å²) in [6.45, 7) is 3.34. The van der Waals surface area contributed by atoms with Crippen LogP contribution < -0.4 is 16.2 Å². The molecule has 1 fully saturated rings. The number of rotatable bonds is 3. The fourth-order valence-corrected chi connectivity index (χ4v) is 2.08. The maximum absolute atomic E-state index is 12.8. The van der Waals surface area contributed by atoms with E-state index >= 15 is 0 Å². The van der Waals surface area contributed by atoms with Gasteiger partial charge in [-0.1, -0.05) is 6.92 Å². The van der Waals surface area contributed by atoms with Crippen LogP contribution in [0.15, 0.2) is 6.07 Å². The van der Waals surface area contributed by atoms with Crippen molar-refractivity contribution in [2.45, 2.75) is 25.6 Å². The van der Waals surface area contributed by atoms with Crippen LogP contribution in [0.2, 0.25) is 0 Å². The van der Waals surface area contributed by atoms with Crippen molar-refractivity contribution in [2.75, 3.05) is 30.1 Å². The third kappa shape index (κ3) is 3.10. The lowest BCUT2D eigenvalue weighted by atomic mass is 10.2. The van der Waals surface area contributed by atoms with Gasteiger partial charge in [0.1, 0.15) is 11.6 Å². The highest BCUT2D eigenvalue weighted by atomic mass is 19.4. The Bertz CT molecular complexity index is 468. The largest absolute Gasteiger partial charge is 0.451 e. The van der Waals surface area contributed by atoms with Gasteiger partial charge in [-0.15, -0.1) is 0 Å². The number of aromatic nitrogens is 2. The summed E-state index contributed by atoms with van der Waals surface area (Å²) in [6, 6.07) is 1.40. The summed E-state index contributed by atoms with van der Waals surface area (Å²) in [5, 5.41) is 0. The molecule has 0 bridgehead atoms. The third-order valence-electron chi connectivity index (χ3n) is 3.11. The van der Waals surface area contributed by atoms with E-state index in [-0.39, 0.29) is 17.7 Å². The molecule has 20 heavy (non-hydrogen) atoms. The number of nitrogens with one attached hydrogen (secondary N) is 1. The zero-order valence-electron chi connectivity index (χ0n) is 10.9. The van der Waals surface area contributed by atoms with Crippen LogP contribution in [0.3, 0.4) is 0 Å². The number of nitrogen functional groups attached to an aromatic ring is 1. The van der Waals surface area contributed by atoms with Gasteiger partial charge in [0.2, 0.25) is 5.82 Å². The molecule has 1 aromatic heterocycles. The van der Waals surface area contributed by atoms with E-state index in [0.29, 0.717) is 19.8 Å². The van der Waals surface area contributed by atoms with E-state index in [4.69, 9.17) is 10.6 Å². The average molecular weight is 291 g/mol. The van der Waals surface area contributed by atoms with Crippen molar-refractivity contribution >= 4 is 11.6 Å². The van der Waals surface area contributed by atoms with Gasteiger partial charge in [0.15, 0.2) is 0 Å². The van der Waals surface area contributed by atoms with E-state index in [2.05, 4.69) is 15.4 Å². The number of hydrazine groups is 1. The molecule has 2 heterocycles. The molecule has 3 N–H and O–H groups in total. The summed E-state index contributed by atoms with van der Waals surface area (Å²) in [6.07, 6.45) is -3.87. The number of anilines is 2. The predicted octanol–water partition coefficient (Wildman–Crippen LogP) is 1.40. The second kappa shape index (κ2) is 5.80. The molecule has 0 spiro atoms. The molecule has 2 rings (SSSR count). The molecule has 112 valence electrons. The van der Waals surface area contributed by atoms with Crippen molar-refractivity contribution in [2.24, 2.45) is 5.84 Å². The Labute approximate surface area is 114 Å². The SMILES string of the molecule is CCC1COCCN1c1cc(NN)nc(C(F)(F)F)n1. The lowest BCUT2D eigenvalue weighted by molar-refractivity contribution is -0.144. The van der Waals surface area contributed by atoms with Crippen LogP contribution in [0, 0.1) is 0 Å². The monoisotopic (exact) mass is 291 g/mol. The van der Waals surface area contributed by atoms with Gasteiger partial charge in [-0.3, -0.25) is 0 Å². The van der Waals surface area contributed by atoms with E-state index in [0.717, 1.165) is 6.42 Å². The minimum absolute atomic E-state index is 0.00893. The highest BCUT2D eigenvalue weighted by Gasteiger charge is 2.36. The summed E-state index contributed by atoms with van der Waals surface area (Å²) in [5.74, 6) is 4.11. The van der Waals surface area contributed by atoms with Gasteiger partial charge >= 0.3 is 6.18 Å². The number of hydrogen-bond donors (Lipinski definition) is 2. The van der Waals surface area contributed by atoms with Crippen LogP contribution >= 0.6 is 0 Å². The van der Waals surface area contributed by atoms with Crippen molar-refractivity contribution in [1.29, 1.82) is 0 Å². The Balaban J connectivity index is 2.39. The number of nitrogens with zero attached hydrogens (tertiary/aromatic N) is 3. The number of morpholine rings is 1. The minimum Gasteiger partial charge on any atom is -0.377 e. The molecule has 1 aromatic rings. The van der Waals surface area contributed by atoms with E-state index in [1.165, 1.54) is 6.07 Å². The molecule has 0 radical (unpaired) electrons. The number of nitrogens with two attached hydrogens (primary N) is 1. The van der Waals surface area contributed by atoms with Crippen LogP contribution in [0.25, 0.3) is 0 Å². The first-order chi connectivity index (χ1) is 9.45. The van der Waals surface area contributed by atoms with Gasteiger partial charge in [0, 0.05) is 12.6 Å². The molecular formula is C11H16F3N5O. The summed E-state index contributed by atoms with van der Waals surface area (Å²) < 4.78 is 43.7. The quantitative estimate of drug-likeness (QED) is 0.647. The fourth-order valence-electron chi connectivity index (χ4n) is 2.08. The molecule has 1 atom stereocenters. The first-order valence-corrected chi connectivity index (χ1v) is 6.23. The van der Waals surface area contributed by atoms with Crippen LogP contribution in [-0.2, 0) is 10.9 Å². The van der Waals surface area contributed by atoms with Gasteiger partial charge in [0.05, 0.1) is 19.3 Å². The number of ether oxygens (including phenoxy) is 1. The molecule has 0 aliphatic carbocycles. The van der Waals surface area contributed by atoms with Crippen molar-refractivity contribution in [3.05, 3.63) is 11.9 Å². The van der Waals surface area contributed by atoms with E-state index in [1.807, 2.05) is 6.92 Å². The molecule has 0 amide bonds. The Morgan fingerprint density at radius 1 is 1.50 bits per heavy atom. The number of halogens is 3. The molecule has 0 saturated carbocycles. The summed E-state index contributed by atoms with van der Waals surface area (Å²) >= 11 is 0.